The first-order valence-corrected chi connectivity index (χ1v) is 11.0. The molecule has 1 amide bonds. The molecule has 0 aliphatic rings. The Morgan fingerprint density at radius 3 is 2.41 bits per heavy atom. The molecule has 0 aliphatic carbocycles. The highest BCUT2D eigenvalue weighted by Gasteiger charge is 2.32. The van der Waals surface area contributed by atoms with E-state index in [1.54, 1.807) is 18.2 Å². The summed E-state index contributed by atoms with van der Waals surface area (Å²) >= 11 is 0. The number of alkyl halides is 3. The highest BCUT2D eigenvalue weighted by atomic mass is 19.4. The first kappa shape index (κ1) is 23.5. The Morgan fingerprint density at radius 2 is 1.68 bits per heavy atom. The molecule has 0 unspecified atom stereocenters. The number of benzene rings is 2. The molecule has 0 atom stereocenters. The molecule has 0 saturated heterocycles. The van der Waals surface area contributed by atoms with Gasteiger partial charge in [0, 0.05) is 22.8 Å². The fourth-order valence-corrected chi connectivity index (χ4v) is 3.98. The number of rotatable bonds is 6. The van der Waals surface area contributed by atoms with Gasteiger partial charge in [-0.2, -0.15) is 0 Å². The summed E-state index contributed by atoms with van der Waals surface area (Å²) in [5.74, 6) is -1.40. The largest absolute Gasteiger partial charge is 0.573 e. The maximum Gasteiger partial charge on any atom is 0.573 e. The number of aromatic nitrogens is 1. The number of hydrogen-bond donors (Lipinski definition) is 1. The van der Waals surface area contributed by atoms with E-state index >= 15 is 0 Å². The number of carbonyl (C=O) groups excluding carboxylic acids is 1. The van der Waals surface area contributed by atoms with E-state index in [0.29, 0.717) is 5.36 Å². The van der Waals surface area contributed by atoms with Crippen molar-refractivity contribution >= 4 is 27.7 Å². The number of amides is 1. The predicted octanol–water partition coefficient (Wildman–Crippen LogP) is 5.80. The molecule has 4 rings (SSSR count). The van der Waals surface area contributed by atoms with E-state index < -0.39 is 18.0 Å². The molecule has 34 heavy (non-hydrogen) atoms. The third-order valence-electron chi connectivity index (χ3n) is 5.68. The number of H-pyrrole nitrogens is 1. The van der Waals surface area contributed by atoms with Gasteiger partial charge in [0.15, 0.2) is 0 Å². The van der Waals surface area contributed by atoms with E-state index in [4.69, 9.17) is 0 Å². The van der Waals surface area contributed by atoms with Crippen LogP contribution in [-0.2, 0) is 6.54 Å². The smallest absolute Gasteiger partial charge is 0.405 e. The summed E-state index contributed by atoms with van der Waals surface area (Å²) in [7, 11) is 0. The van der Waals surface area contributed by atoms with Gasteiger partial charge in [0.2, 0.25) is 0 Å². The maximum absolute atomic E-state index is 12.7. The molecule has 0 aliphatic heterocycles. The number of ether oxygens (including phenoxy) is 1. The second-order valence-corrected chi connectivity index (χ2v) is 7.81. The van der Waals surface area contributed by atoms with Crippen LogP contribution in [0.25, 0.3) is 21.8 Å². The second kappa shape index (κ2) is 9.69. The molecule has 5 nitrogen and oxygen atoms in total. The van der Waals surface area contributed by atoms with Gasteiger partial charge in [-0.1, -0.05) is 56.3 Å². The molecule has 0 fully saturated rings. The summed E-state index contributed by atoms with van der Waals surface area (Å²) in [6, 6.07) is 18.4. The number of carbonyl (C=O) groups is 1. The van der Waals surface area contributed by atoms with Crippen LogP contribution in [0, 0.1) is 0 Å². The number of hydrogen-bond acceptors (Lipinski definition) is 3. The first-order chi connectivity index (χ1) is 16.3. The van der Waals surface area contributed by atoms with Crippen molar-refractivity contribution in [2.45, 2.75) is 26.8 Å². The molecule has 0 bridgehead atoms. The third-order valence-corrected chi connectivity index (χ3v) is 5.68. The summed E-state index contributed by atoms with van der Waals surface area (Å²) in [5.41, 5.74) is 2.68. The average Bonchev–Trinajstić information content (AvgIpc) is 3.02. The Morgan fingerprint density at radius 1 is 0.971 bits per heavy atom. The molecule has 0 saturated carbocycles. The average molecular weight is 467 g/mol. The quantitative estimate of drug-likeness (QED) is 0.390. The van der Waals surface area contributed by atoms with E-state index in [2.05, 4.69) is 39.5 Å². The van der Waals surface area contributed by atoms with E-state index in [0.717, 1.165) is 53.1 Å². The Kier molecular flexibility index (Phi) is 6.70. The van der Waals surface area contributed by atoms with E-state index in [9.17, 15) is 18.0 Å². The van der Waals surface area contributed by atoms with Crippen LogP contribution in [0.2, 0.25) is 0 Å². The number of aromatic amines is 1. The number of nitrogens with one attached hydrogen (secondary N) is 1. The molecule has 1 heterocycles. The predicted molar refractivity (Wildman–Crippen MR) is 125 cm³/mol. The zero-order valence-corrected chi connectivity index (χ0v) is 18.8. The SMILES string of the molecule is CCN(CC)Cc1cccc2c1[nH]c1cc(=NC(=O)c3ccccc3OC(F)(F)F)cccc12. The molecular weight excluding hydrogens is 443 g/mol. The van der Waals surface area contributed by atoms with Gasteiger partial charge in [-0.15, -0.1) is 13.2 Å². The zero-order valence-electron chi connectivity index (χ0n) is 18.8. The minimum atomic E-state index is -4.91. The summed E-state index contributed by atoms with van der Waals surface area (Å²) in [4.78, 5) is 22.6. The lowest BCUT2D eigenvalue weighted by atomic mass is 10.1. The van der Waals surface area contributed by atoms with Gasteiger partial charge in [0.25, 0.3) is 5.91 Å². The lowest BCUT2D eigenvalue weighted by Gasteiger charge is -2.18. The molecule has 4 aromatic rings. The normalized spacial score (nSPS) is 12.6. The molecule has 176 valence electrons. The van der Waals surface area contributed by atoms with Gasteiger partial charge < -0.3 is 9.72 Å². The monoisotopic (exact) mass is 467 g/mol. The van der Waals surface area contributed by atoms with Crippen molar-refractivity contribution in [3.8, 4) is 5.75 Å². The Labute approximate surface area is 194 Å². The van der Waals surface area contributed by atoms with E-state index in [1.165, 1.54) is 18.2 Å². The maximum atomic E-state index is 12.7. The molecule has 3 aromatic carbocycles. The number of nitrogens with zero attached hydrogens (tertiary/aromatic N) is 2. The fraction of sp³-hybridized carbons (Fsp3) is 0.231. The molecule has 0 radical (unpaired) electrons. The number of halogens is 3. The van der Waals surface area contributed by atoms with E-state index in [-0.39, 0.29) is 5.56 Å². The molecule has 8 heteroatoms. The molecule has 0 spiro atoms. The van der Waals surface area contributed by atoms with Crippen LogP contribution in [0.4, 0.5) is 13.2 Å². The van der Waals surface area contributed by atoms with Crippen LogP contribution in [0.15, 0.2) is 71.7 Å². The van der Waals surface area contributed by atoms with Crippen molar-refractivity contribution in [3.63, 3.8) is 0 Å². The Balaban J connectivity index is 1.78. The summed E-state index contributed by atoms with van der Waals surface area (Å²) in [6.07, 6.45) is -4.91. The van der Waals surface area contributed by atoms with Crippen molar-refractivity contribution in [3.05, 3.63) is 83.2 Å². The number of para-hydroxylation sites is 2. The summed E-state index contributed by atoms with van der Waals surface area (Å²) in [6.45, 7) is 6.92. The molecular formula is C26H24F3N3O2. The minimum Gasteiger partial charge on any atom is -0.405 e. The molecule has 1 N–H and O–H groups in total. The van der Waals surface area contributed by atoms with Crippen LogP contribution in [0.3, 0.4) is 0 Å². The fourth-order valence-electron chi connectivity index (χ4n) is 3.98. The first-order valence-electron chi connectivity index (χ1n) is 11.0. The van der Waals surface area contributed by atoms with Crippen LogP contribution in [-0.4, -0.2) is 35.2 Å². The van der Waals surface area contributed by atoms with Crippen molar-refractivity contribution < 1.29 is 22.7 Å². The van der Waals surface area contributed by atoms with Crippen LogP contribution in [0.1, 0.15) is 29.8 Å². The minimum absolute atomic E-state index is 0.263. The van der Waals surface area contributed by atoms with E-state index in [1.807, 2.05) is 18.2 Å². The second-order valence-electron chi connectivity index (χ2n) is 7.81. The summed E-state index contributed by atoms with van der Waals surface area (Å²) in [5, 5.41) is 2.34. The van der Waals surface area contributed by atoms with Gasteiger partial charge in [-0.25, -0.2) is 4.99 Å². The van der Waals surface area contributed by atoms with Crippen molar-refractivity contribution in [2.75, 3.05) is 13.1 Å². The standard InChI is InChI=1S/C26H24F3N3O2/c1-3-32(4-2)16-17-9-7-13-20-19-12-8-10-18(15-22(19)31-24(17)20)30-25(33)21-11-5-6-14-23(21)34-26(27,28)29/h5-15,31H,3-4,16H2,1-2H3. The van der Waals surface area contributed by atoms with Gasteiger partial charge in [-0.05, 0) is 42.9 Å². The van der Waals surface area contributed by atoms with Crippen molar-refractivity contribution in [1.82, 2.24) is 9.88 Å². The van der Waals surface area contributed by atoms with Crippen molar-refractivity contribution in [1.29, 1.82) is 0 Å². The van der Waals surface area contributed by atoms with Crippen molar-refractivity contribution in [2.24, 2.45) is 4.99 Å². The van der Waals surface area contributed by atoms with Crippen LogP contribution >= 0.6 is 0 Å². The molecule has 1 aromatic heterocycles. The Bertz CT molecular complexity index is 1410. The topological polar surface area (TPSA) is 57.7 Å². The lowest BCUT2D eigenvalue weighted by Crippen LogP contribution is -2.22. The Hall–Kier alpha value is -3.65. The van der Waals surface area contributed by atoms with Gasteiger partial charge in [0.05, 0.1) is 16.4 Å². The third kappa shape index (κ3) is 5.12. The van der Waals surface area contributed by atoms with Gasteiger partial charge >= 0.3 is 6.36 Å². The van der Waals surface area contributed by atoms with Gasteiger partial charge in [0.1, 0.15) is 5.75 Å². The van der Waals surface area contributed by atoms with Crippen LogP contribution < -0.4 is 10.1 Å². The number of fused-ring (bicyclic) bond motifs is 3. The van der Waals surface area contributed by atoms with Gasteiger partial charge in [-0.3, -0.25) is 9.69 Å². The lowest BCUT2D eigenvalue weighted by molar-refractivity contribution is -0.274. The zero-order chi connectivity index (χ0) is 24.3. The van der Waals surface area contributed by atoms with Crippen LogP contribution in [0.5, 0.6) is 5.75 Å². The summed E-state index contributed by atoms with van der Waals surface area (Å²) < 4.78 is 42.2. The highest BCUT2D eigenvalue weighted by molar-refractivity contribution is 6.08. The highest BCUT2D eigenvalue weighted by Crippen LogP contribution is 2.28.